The molecule has 4 nitrogen and oxygen atoms in total. The van der Waals surface area contributed by atoms with E-state index in [1.807, 2.05) is 6.92 Å². The molecule has 0 fully saturated rings. The third-order valence-corrected chi connectivity index (χ3v) is 1.96. The molecule has 0 unspecified atom stereocenters. The maximum atomic E-state index is 11.2. The third kappa shape index (κ3) is 3.30. The number of methoxy groups -OCH3 is 1. The van der Waals surface area contributed by atoms with Crippen molar-refractivity contribution < 1.29 is 4.74 Å². The van der Waals surface area contributed by atoms with Crippen molar-refractivity contribution in [1.82, 2.24) is 9.97 Å². The lowest BCUT2D eigenvalue weighted by Crippen LogP contribution is -2.12. The summed E-state index contributed by atoms with van der Waals surface area (Å²) in [6, 6.07) is 1.55. The Hall–Kier alpha value is -1.16. The van der Waals surface area contributed by atoms with E-state index in [2.05, 4.69) is 9.97 Å². The van der Waals surface area contributed by atoms with Crippen LogP contribution in [0.15, 0.2) is 10.9 Å². The highest BCUT2D eigenvalue weighted by molar-refractivity contribution is 5.02. The number of hydrogen-bond acceptors (Lipinski definition) is 3. The quantitative estimate of drug-likeness (QED) is 0.712. The average Bonchev–Trinajstić information content (AvgIpc) is 2.17. The molecule has 14 heavy (non-hydrogen) atoms. The molecule has 0 amide bonds. The van der Waals surface area contributed by atoms with Crippen LogP contribution in [0.2, 0.25) is 0 Å². The van der Waals surface area contributed by atoms with Gasteiger partial charge >= 0.3 is 0 Å². The van der Waals surface area contributed by atoms with Gasteiger partial charge in [0, 0.05) is 31.9 Å². The maximum absolute atomic E-state index is 11.2. The molecular formula is C10H16N2O2. The first-order valence-electron chi connectivity index (χ1n) is 4.84. The minimum absolute atomic E-state index is 0.0655. The van der Waals surface area contributed by atoms with Gasteiger partial charge in [0.15, 0.2) is 0 Å². The van der Waals surface area contributed by atoms with Crippen molar-refractivity contribution >= 4 is 0 Å². The molecule has 0 saturated heterocycles. The lowest BCUT2D eigenvalue weighted by Gasteiger charge is -2.01. The van der Waals surface area contributed by atoms with E-state index < -0.39 is 0 Å². The van der Waals surface area contributed by atoms with Crippen LogP contribution in [0.4, 0.5) is 0 Å². The van der Waals surface area contributed by atoms with Crippen LogP contribution < -0.4 is 5.56 Å². The molecule has 0 saturated carbocycles. The largest absolute Gasteiger partial charge is 0.385 e. The van der Waals surface area contributed by atoms with Crippen molar-refractivity contribution in [2.75, 3.05) is 13.7 Å². The van der Waals surface area contributed by atoms with Gasteiger partial charge in [-0.2, -0.15) is 0 Å². The van der Waals surface area contributed by atoms with Crippen LogP contribution in [0, 0.1) is 0 Å². The molecule has 1 aromatic heterocycles. The van der Waals surface area contributed by atoms with Gasteiger partial charge in [0.1, 0.15) is 5.82 Å². The Balaban J connectivity index is 2.67. The fraction of sp³-hybridized carbons (Fsp3) is 0.600. The van der Waals surface area contributed by atoms with Crippen LogP contribution in [-0.4, -0.2) is 23.7 Å². The Labute approximate surface area is 83.3 Å². The average molecular weight is 196 g/mol. The molecule has 1 aromatic rings. The smallest absolute Gasteiger partial charge is 0.251 e. The van der Waals surface area contributed by atoms with Crippen LogP contribution in [0.1, 0.15) is 24.9 Å². The Morgan fingerprint density at radius 1 is 1.57 bits per heavy atom. The predicted octanol–water partition coefficient (Wildman–Crippen LogP) is 0.911. The fourth-order valence-electron chi connectivity index (χ4n) is 1.26. The molecular weight excluding hydrogens is 180 g/mol. The SMILES string of the molecule is CCc1nc(CCCOC)cc(=O)[nH]1. The van der Waals surface area contributed by atoms with Crippen molar-refractivity contribution in [3.63, 3.8) is 0 Å². The van der Waals surface area contributed by atoms with Crippen LogP contribution in [0.3, 0.4) is 0 Å². The van der Waals surface area contributed by atoms with Crippen molar-refractivity contribution in [3.8, 4) is 0 Å². The second kappa shape index (κ2) is 5.54. The summed E-state index contributed by atoms with van der Waals surface area (Å²) >= 11 is 0. The fourth-order valence-corrected chi connectivity index (χ4v) is 1.26. The van der Waals surface area contributed by atoms with Crippen LogP contribution in [0.5, 0.6) is 0 Å². The molecule has 4 heteroatoms. The predicted molar refractivity (Wildman–Crippen MR) is 54.4 cm³/mol. The zero-order chi connectivity index (χ0) is 10.4. The van der Waals surface area contributed by atoms with E-state index in [-0.39, 0.29) is 5.56 Å². The number of rotatable bonds is 5. The van der Waals surface area contributed by atoms with Gasteiger partial charge in [0.25, 0.3) is 5.56 Å². The van der Waals surface area contributed by atoms with Crippen LogP contribution in [0.25, 0.3) is 0 Å². The normalized spacial score (nSPS) is 10.4. The molecule has 78 valence electrons. The van der Waals surface area contributed by atoms with E-state index in [4.69, 9.17) is 4.74 Å². The van der Waals surface area contributed by atoms with E-state index in [1.54, 1.807) is 13.2 Å². The second-order valence-corrected chi connectivity index (χ2v) is 3.13. The van der Waals surface area contributed by atoms with Gasteiger partial charge in [0.05, 0.1) is 0 Å². The van der Waals surface area contributed by atoms with Crippen LogP contribution in [-0.2, 0) is 17.6 Å². The lowest BCUT2D eigenvalue weighted by molar-refractivity contribution is 0.195. The minimum Gasteiger partial charge on any atom is -0.385 e. The maximum Gasteiger partial charge on any atom is 0.251 e. The number of ether oxygens (including phenoxy) is 1. The highest BCUT2D eigenvalue weighted by Crippen LogP contribution is 1.97. The molecule has 0 aliphatic rings. The van der Waals surface area contributed by atoms with E-state index in [1.165, 1.54) is 0 Å². The van der Waals surface area contributed by atoms with Gasteiger partial charge in [-0.15, -0.1) is 0 Å². The van der Waals surface area contributed by atoms with Gasteiger partial charge in [-0.25, -0.2) is 4.98 Å². The number of aromatic nitrogens is 2. The van der Waals surface area contributed by atoms with Crippen molar-refractivity contribution in [3.05, 3.63) is 27.9 Å². The van der Waals surface area contributed by atoms with Crippen molar-refractivity contribution in [1.29, 1.82) is 0 Å². The van der Waals surface area contributed by atoms with Gasteiger partial charge in [-0.05, 0) is 12.8 Å². The molecule has 0 aliphatic heterocycles. The number of hydrogen-bond donors (Lipinski definition) is 1. The highest BCUT2D eigenvalue weighted by Gasteiger charge is 1.99. The zero-order valence-corrected chi connectivity index (χ0v) is 8.67. The number of aryl methyl sites for hydroxylation is 2. The summed E-state index contributed by atoms with van der Waals surface area (Å²) in [7, 11) is 1.67. The molecule has 1 heterocycles. The summed E-state index contributed by atoms with van der Waals surface area (Å²) in [5.74, 6) is 0.755. The number of aromatic amines is 1. The number of nitrogens with one attached hydrogen (secondary N) is 1. The monoisotopic (exact) mass is 196 g/mol. The molecule has 0 aliphatic carbocycles. The molecule has 0 bridgehead atoms. The second-order valence-electron chi connectivity index (χ2n) is 3.13. The summed E-state index contributed by atoms with van der Waals surface area (Å²) in [5, 5.41) is 0. The minimum atomic E-state index is -0.0655. The molecule has 0 atom stereocenters. The number of nitrogens with zero attached hydrogens (tertiary/aromatic N) is 1. The van der Waals surface area contributed by atoms with E-state index >= 15 is 0 Å². The van der Waals surface area contributed by atoms with Gasteiger partial charge in [-0.1, -0.05) is 6.92 Å². The van der Waals surface area contributed by atoms with Gasteiger partial charge in [0.2, 0.25) is 0 Å². The Morgan fingerprint density at radius 3 is 3.00 bits per heavy atom. The zero-order valence-electron chi connectivity index (χ0n) is 8.67. The molecule has 0 aromatic carbocycles. The summed E-state index contributed by atoms with van der Waals surface area (Å²) < 4.78 is 4.94. The Kier molecular flexibility index (Phi) is 4.32. The summed E-state index contributed by atoms with van der Waals surface area (Å²) in [5.41, 5.74) is 0.784. The summed E-state index contributed by atoms with van der Waals surface area (Å²) in [6.07, 6.45) is 2.45. The molecule has 0 radical (unpaired) electrons. The van der Waals surface area contributed by atoms with Crippen molar-refractivity contribution in [2.45, 2.75) is 26.2 Å². The first kappa shape index (κ1) is 10.9. The Bertz CT molecular complexity index is 333. The molecule has 0 spiro atoms. The first-order chi connectivity index (χ1) is 6.76. The highest BCUT2D eigenvalue weighted by atomic mass is 16.5. The molecule has 1 N–H and O–H groups in total. The van der Waals surface area contributed by atoms with Gasteiger partial charge < -0.3 is 9.72 Å². The van der Waals surface area contributed by atoms with E-state index in [9.17, 15) is 4.79 Å². The molecule has 1 rings (SSSR count). The van der Waals surface area contributed by atoms with Crippen molar-refractivity contribution in [2.24, 2.45) is 0 Å². The summed E-state index contributed by atoms with van der Waals surface area (Å²) in [4.78, 5) is 18.2. The third-order valence-electron chi connectivity index (χ3n) is 1.96. The summed E-state index contributed by atoms with van der Waals surface area (Å²) in [6.45, 7) is 2.67. The first-order valence-corrected chi connectivity index (χ1v) is 4.84. The lowest BCUT2D eigenvalue weighted by atomic mass is 10.2. The standard InChI is InChI=1S/C10H16N2O2/c1-3-9-11-8(5-4-6-14-2)7-10(13)12-9/h7H,3-6H2,1-2H3,(H,11,12,13). The van der Waals surface area contributed by atoms with Gasteiger partial charge in [-0.3, -0.25) is 4.79 Å². The number of H-pyrrole nitrogens is 1. The Morgan fingerprint density at radius 2 is 2.36 bits per heavy atom. The van der Waals surface area contributed by atoms with Crippen LogP contribution >= 0.6 is 0 Å². The van der Waals surface area contributed by atoms with E-state index in [0.29, 0.717) is 6.61 Å². The topological polar surface area (TPSA) is 55.0 Å². The van der Waals surface area contributed by atoms with E-state index in [0.717, 1.165) is 30.8 Å².